The molecule has 39 heavy (non-hydrogen) atoms. The van der Waals surface area contributed by atoms with Crippen LogP contribution in [0.1, 0.15) is 29.8 Å². The van der Waals surface area contributed by atoms with Crippen molar-refractivity contribution in [2.24, 2.45) is 10.2 Å². The first-order chi connectivity index (χ1) is 18.5. The number of ether oxygens (including phenoxy) is 1. The van der Waals surface area contributed by atoms with E-state index in [4.69, 9.17) is 27.9 Å². The van der Waals surface area contributed by atoms with E-state index in [0.29, 0.717) is 40.1 Å². The number of phenols is 1. The molecule has 3 N–H and O–H groups in total. The third kappa shape index (κ3) is 5.99. The summed E-state index contributed by atoms with van der Waals surface area (Å²) in [5, 5.41) is 23.7. The van der Waals surface area contributed by atoms with Gasteiger partial charge in [0.25, 0.3) is 16.0 Å². The first kappa shape index (κ1) is 28.3. The van der Waals surface area contributed by atoms with Gasteiger partial charge in [0, 0.05) is 10.4 Å². The Kier molecular flexibility index (Phi) is 8.41. The van der Waals surface area contributed by atoms with Crippen LogP contribution in [-0.4, -0.2) is 30.6 Å². The van der Waals surface area contributed by atoms with Crippen molar-refractivity contribution in [1.82, 2.24) is 0 Å². The zero-order chi connectivity index (χ0) is 28.3. The van der Waals surface area contributed by atoms with E-state index in [0.717, 1.165) is 12.1 Å². The Bertz CT molecular complexity index is 1720. The lowest BCUT2D eigenvalue weighted by molar-refractivity contribution is 0.102. The van der Waals surface area contributed by atoms with Gasteiger partial charge in [-0.25, -0.2) is 0 Å². The summed E-state index contributed by atoms with van der Waals surface area (Å²) in [5.74, 6) is -0.813. The van der Waals surface area contributed by atoms with Crippen molar-refractivity contribution >= 4 is 67.1 Å². The standard InChI is InChI=1S/C27H23Cl2N3O6S/c1-3-17-21(29)13-16(39(35,36)37)14-23(17)31-32-24-18-9-6-5-8-15(18)12-19(25(24)33)27(34)30-22-11-7-10-20(28)26(22)38-4-2/h5-14,33H,3-4H2,1-2H3,(H,30,34)(H,35,36,37). The number of hydrogen-bond acceptors (Lipinski definition) is 7. The minimum atomic E-state index is -4.57. The van der Waals surface area contributed by atoms with E-state index in [-0.39, 0.29) is 27.7 Å². The zero-order valence-electron chi connectivity index (χ0n) is 20.8. The van der Waals surface area contributed by atoms with Crippen LogP contribution in [-0.2, 0) is 16.5 Å². The number of amides is 1. The molecule has 4 aromatic carbocycles. The smallest absolute Gasteiger partial charge is 0.294 e. The Morgan fingerprint density at radius 1 is 1.00 bits per heavy atom. The monoisotopic (exact) mass is 587 g/mol. The van der Waals surface area contributed by atoms with Crippen LogP contribution in [0.2, 0.25) is 10.0 Å². The van der Waals surface area contributed by atoms with Gasteiger partial charge in [-0.1, -0.05) is 60.5 Å². The quantitative estimate of drug-likeness (QED) is 0.142. The van der Waals surface area contributed by atoms with Crippen LogP contribution in [0.25, 0.3) is 10.8 Å². The van der Waals surface area contributed by atoms with Crippen molar-refractivity contribution in [3.8, 4) is 11.5 Å². The van der Waals surface area contributed by atoms with Crippen LogP contribution in [0.15, 0.2) is 75.8 Å². The van der Waals surface area contributed by atoms with Crippen LogP contribution in [0.5, 0.6) is 11.5 Å². The van der Waals surface area contributed by atoms with Crippen LogP contribution in [0, 0.1) is 0 Å². The van der Waals surface area contributed by atoms with Crippen LogP contribution in [0.4, 0.5) is 17.1 Å². The second kappa shape index (κ2) is 11.6. The number of para-hydroxylation sites is 1. The van der Waals surface area contributed by atoms with Crippen molar-refractivity contribution in [3.63, 3.8) is 0 Å². The van der Waals surface area contributed by atoms with E-state index in [1.165, 1.54) is 6.07 Å². The molecule has 0 aliphatic heterocycles. The van der Waals surface area contributed by atoms with Gasteiger partial charge in [0.2, 0.25) is 0 Å². The van der Waals surface area contributed by atoms with Crippen molar-refractivity contribution in [3.05, 3.63) is 81.8 Å². The molecule has 4 rings (SSSR count). The average Bonchev–Trinajstić information content (AvgIpc) is 2.89. The third-order valence-corrected chi connectivity index (χ3v) is 7.26. The molecular formula is C27H23Cl2N3O6S. The molecule has 1 amide bonds. The minimum Gasteiger partial charge on any atom is -0.505 e. The van der Waals surface area contributed by atoms with Crippen LogP contribution < -0.4 is 10.1 Å². The topological polar surface area (TPSA) is 138 Å². The summed E-state index contributed by atoms with van der Waals surface area (Å²) >= 11 is 12.5. The number of aromatic hydroxyl groups is 1. The van der Waals surface area contributed by atoms with E-state index >= 15 is 0 Å². The highest BCUT2D eigenvalue weighted by Gasteiger charge is 2.21. The predicted octanol–water partition coefficient (Wildman–Crippen LogP) is 7.73. The zero-order valence-corrected chi connectivity index (χ0v) is 23.1. The van der Waals surface area contributed by atoms with Crippen molar-refractivity contribution in [2.75, 3.05) is 11.9 Å². The SMILES string of the molecule is CCOc1c(Cl)cccc1NC(=O)c1cc2ccccc2c(N=Nc2cc(S(=O)(=O)O)cc(Cl)c2CC)c1O. The number of rotatable bonds is 8. The number of nitrogens with zero attached hydrogens (tertiary/aromatic N) is 2. The molecule has 0 aromatic heterocycles. The fraction of sp³-hybridized carbons (Fsp3) is 0.148. The number of azo groups is 1. The number of halogens is 2. The number of hydrogen-bond donors (Lipinski definition) is 3. The number of phenolic OH excluding ortho intramolecular Hbond substituents is 1. The molecule has 202 valence electrons. The second-order valence-electron chi connectivity index (χ2n) is 8.28. The summed E-state index contributed by atoms with van der Waals surface area (Å²) in [6, 6.07) is 15.6. The molecule has 0 radical (unpaired) electrons. The maximum absolute atomic E-state index is 13.3. The lowest BCUT2D eigenvalue weighted by Gasteiger charge is -2.14. The fourth-order valence-corrected chi connectivity index (χ4v) is 5.14. The molecular weight excluding hydrogens is 565 g/mol. The Labute approximate surface area is 234 Å². The Morgan fingerprint density at radius 2 is 1.74 bits per heavy atom. The van der Waals surface area contributed by atoms with Crippen LogP contribution >= 0.6 is 23.2 Å². The number of nitrogens with one attached hydrogen (secondary N) is 1. The summed E-state index contributed by atoms with van der Waals surface area (Å²) in [6.07, 6.45) is 0.385. The largest absolute Gasteiger partial charge is 0.505 e. The number of anilines is 1. The molecule has 0 atom stereocenters. The molecule has 0 unspecified atom stereocenters. The number of fused-ring (bicyclic) bond motifs is 1. The molecule has 0 saturated heterocycles. The highest BCUT2D eigenvalue weighted by atomic mass is 35.5. The van der Waals surface area contributed by atoms with E-state index < -0.39 is 26.7 Å². The lowest BCUT2D eigenvalue weighted by atomic mass is 10.0. The molecule has 0 fully saturated rings. The van der Waals surface area contributed by atoms with Gasteiger partial charge in [0.1, 0.15) is 5.69 Å². The highest BCUT2D eigenvalue weighted by molar-refractivity contribution is 7.85. The molecule has 9 nitrogen and oxygen atoms in total. The molecule has 4 aromatic rings. The number of carbonyl (C=O) groups excluding carboxylic acids is 1. The number of benzene rings is 4. The first-order valence-corrected chi connectivity index (χ1v) is 13.9. The summed E-state index contributed by atoms with van der Waals surface area (Å²) in [6.45, 7) is 3.89. The molecule has 0 spiro atoms. The van der Waals surface area contributed by atoms with Gasteiger partial charge in [-0.3, -0.25) is 9.35 Å². The summed E-state index contributed by atoms with van der Waals surface area (Å²) in [5.41, 5.74) is 0.760. The van der Waals surface area contributed by atoms with E-state index in [9.17, 15) is 22.9 Å². The first-order valence-electron chi connectivity index (χ1n) is 11.7. The van der Waals surface area contributed by atoms with Gasteiger partial charge >= 0.3 is 0 Å². The second-order valence-corrected chi connectivity index (χ2v) is 10.5. The van der Waals surface area contributed by atoms with Gasteiger partial charge < -0.3 is 15.2 Å². The molecule has 0 saturated carbocycles. The third-order valence-electron chi connectivity index (χ3n) is 5.80. The fourth-order valence-electron chi connectivity index (χ4n) is 3.97. The van der Waals surface area contributed by atoms with E-state index in [2.05, 4.69) is 15.5 Å². The van der Waals surface area contributed by atoms with Crippen molar-refractivity contribution in [1.29, 1.82) is 0 Å². The van der Waals surface area contributed by atoms with Gasteiger partial charge in [-0.05, 0) is 54.6 Å². The molecule has 0 bridgehead atoms. The lowest BCUT2D eigenvalue weighted by Crippen LogP contribution is -2.13. The van der Waals surface area contributed by atoms with Gasteiger partial charge in [0.15, 0.2) is 11.5 Å². The Morgan fingerprint density at radius 3 is 2.44 bits per heavy atom. The summed E-state index contributed by atoms with van der Waals surface area (Å²) in [7, 11) is -4.57. The Balaban J connectivity index is 1.83. The maximum atomic E-state index is 13.3. The van der Waals surface area contributed by atoms with Crippen molar-refractivity contribution in [2.45, 2.75) is 25.2 Å². The molecule has 0 heterocycles. The molecule has 0 aliphatic rings. The molecule has 0 aliphatic carbocycles. The van der Waals surface area contributed by atoms with Gasteiger partial charge in [-0.2, -0.15) is 13.5 Å². The van der Waals surface area contributed by atoms with Crippen molar-refractivity contribution < 1.29 is 27.6 Å². The van der Waals surface area contributed by atoms with Gasteiger partial charge in [0.05, 0.1) is 33.5 Å². The molecule has 12 heteroatoms. The average molecular weight is 588 g/mol. The van der Waals surface area contributed by atoms with Crippen LogP contribution in [0.3, 0.4) is 0 Å². The van der Waals surface area contributed by atoms with E-state index in [1.54, 1.807) is 56.3 Å². The predicted molar refractivity (Wildman–Crippen MR) is 151 cm³/mol. The maximum Gasteiger partial charge on any atom is 0.294 e. The van der Waals surface area contributed by atoms with Gasteiger partial charge in [-0.15, -0.1) is 5.11 Å². The van der Waals surface area contributed by atoms with E-state index in [1.807, 2.05) is 0 Å². The summed E-state index contributed by atoms with van der Waals surface area (Å²) < 4.78 is 38.5. The Hall–Kier alpha value is -3.70. The minimum absolute atomic E-state index is 0.0233. The number of carbonyl (C=O) groups is 1. The summed E-state index contributed by atoms with van der Waals surface area (Å²) in [4.78, 5) is 12.9. The highest BCUT2D eigenvalue weighted by Crippen LogP contribution is 2.41. The normalized spacial score (nSPS) is 11.7.